The van der Waals surface area contributed by atoms with E-state index in [2.05, 4.69) is 59.6 Å². The van der Waals surface area contributed by atoms with Crippen molar-refractivity contribution < 1.29 is 9.59 Å². The van der Waals surface area contributed by atoms with E-state index < -0.39 is 0 Å². The highest BCUT2D eigenvalue weighted by atomic mass is 79.9. The van der Waals surface area contributed by atoms with Gasteiger partial charge in [0.05, 0.1) is 16.2 Å². The van der Waals surface area contributed by atoms with Gasteiger partial charge in [-0.3, -0.25) is 4.79 Å². The number of nitrogens with zero attached hydrogens (tertiary/aromatic N) is 2. The lowest BCUT2D eigenvalue weighted by Gasteiger charge is -2.31. The van der Waals surface area contributed by atoms with Gasteiger partial charge >= 0.3 is 6.03 Å². The summed E-state index contributed by atoms with van der Waals surface area (Å²) in [6.07, 6.45) is 4.48. The number of rotatable bonds is 9. The third-order valence-electron chi connectivity index (χ3n) is 7.61. The van der Waals surface area contributed by atoms with Crippen molar-refractivity contribution in [3.63, 3.8) is 0 Å². The number of fused-ring (bicyclic) bond motifs is 1. The summed E-state index contributed by atoms with van der Waals surface area (Å²) in [4.78, 5) is 29.9. The van der Waals surface area contributed by atoms with Crippen LogP contribution in [0.25, 0.3) is 16.9 Å². The zero-order valence-electron chi connectivity index (χ0n) is 25.4. The van der Waals surface area contributed by atoms with E-state index in [4.69, 9.17) is 16.6 Å². The Kier molecular flexibility index (Phi) is 11.6. The molecule has 2 aromatic carbocycles. The Morgan fingerprint density at radius 1 is 1.07 bits per heavy atom. The first-order chi connectivity index (χ1) is 20.0. The van der Waals surface area contributed by atoms with Crippen molar-refractivity contribution >= 4 is 45.1 Å². The molecule has 0 aliphatic rings. The minimum Gasteiger partial charge on any atom is -0.347 e. The van der Waals surface area contributed by atoms with Crippen LogP contribution in [-0.2, 0) is 11.8 Å². The molecule has 1 atom stereocenters. The second-order valence-electron chi connectivity index (χ2n) is 10.8. The number of amides is 3. The summed E-state index contributed by atoms with van der Waals surface area (Å²) in [7, 11) is 1.56. The largest absolute Gasteiger partial charge is 0.347 e. The average Bonchev–Trinajstić information content (AvgIpc) is 3.42. The maximum absolute atomic E-state index is 13.2. The molecule has 3 N–H and O–H groups in total. The molecule has 0 spiro atoms. The highest BCUT2D eigenvalue weighted by Gasteiger charge is 2.27. The Bertz CT molecular complexity index is 1510. The molecule has 0 aliphatic carbocycles. The monoisotopic (exact) mass is 653 g/mol. The summed E-state index contributed by atoms with van der Waals surface area (Å²) >= 11 is 10.2. The van der Waals surface area contributed by atoms with Crippen LogP contribution in [0.3, 0.4) is 0 Å². The third-order valence-corrected chi connectivity index (χ3v) is 8.54. The van der Waals surface area contributed by atoms with Gasteiger partial charge in [-0.1, -0.05) is 83.5 Å². The molecule has 0 unspecified atom stereocenters. The number of hydrogen-bond donors (Lipinski definition) is 3. The topological polar surface area (TPSA) is 87.5 Å². The molecule has 0 radical (unpaired) electrons. The molecular weight excluding hydrogens is 614 g/mol. The first kappa shape index (κ1) is 33.1. The molecule has 0 fully saturated rings. The molecule has 42 heavy (non-hydrogen) atoms. The Morgan fingerprint density at radius 2 is 1.76 bits per heavy atom. The van der Waals surface area contributed by atoms with E-state index in [0.29, 0.717) is 22.9 Å². The molecule has 224 valence electrons. The van der Waals surface area contributed by atoms with Crippen molar-refractivity contribution in [2.75, 3.05) is 13.6 Å². The number of halogens is 2. The molecule has 4 aromatic rings. The normalized spacial score (nSPS) is 12.0. The number of urea groups is 1. The van der Waals surface area contributed by atoms with E-state index in [1.54, 1.807) is 13.1 Å². The molecule has 0 saturated heterocycles. The fraction of sp³-hybridized carbons (Fsp3) is 0.364. The highest BCUT2D eigenvalue weighted by Crippen LogP contribution is 2.36. The van der Waals surface area contributed by atoms with Crippen LogP contribution in [0.5, 0.6) is 0 Å². The lowest BCUT2D eigenvalue weighted by Crippen LogP contribution is -2.46. The second kappa shape index (κ2) is 14.7. The van der Waals surface area contributed by atoms with E-state index in [9.17, 15) is 9.59 Å². The van der Waals surface area contributed by atoms with E-state index in [0.717, 1.165) is 32.5 Å². The average molecular weight is 655 g/mol. The molecule has 3 amide bonds. The minimum atomic E-state index is -0.340. The molecule has 0 saturated carbocycles. The molecule has 7 nitrogen and oxygen atoms in total. The van der Waals surface area contributed by atoms with E-state index in [1.165, 1.54) is 0 Å². The van der Waals surface area contributed by atoms with Gasteiger partial charge in [0.25, 0.3) is 5.91 Å². The van der Waals surface area contributed by atoms with Gasteiger partial charge in [0.15, 0.2) is 5.65 Å². The Hall–Kier alpha value is -3.36. The summed E-state index contributed by atoms with van der Waals surface area (Å²) in [5.41, 5.74) is 5.09. The lowest BCUT2D eigenvalue weighted by atomic mass is 9.75. The number of aromatic nitrogens is 2. The summed E-state index contributed by atoms with van der Waals surface area (Å²) in [6.45, 7) is 12.9. The van der Waals surface area contributed by atoms with Crippen LogP contribution >= 0.6 is 27.5 Å². The number of hydrogen-bond acceptors (Lipinski definition) is 3. The highest BCUT2D eigenvalue weighted by molar-refractivity contribution is 9.10. The van der Waals surface area contributed by atoms with Crippen molar-refractivity contribution in [1.82, 2.24) is 25.3 Å². The number of benzene rings is 2. The van der Waals surface area contributed by atoms with Crippen LogP contribution in [0.2, 0.25) is 5.02 Å². The van der Waals surface area contributed by atoms with Crippen molar-refractivity contribution in [1.29, 1.82) is 0 Å². The standard InChI is InChI=1S/C31H35BrClN5O2.C2H6/c1-19(2)31(3,4)24-13-12-22(16-26(24)33)29(39)36-23(17-35-30(40)34-5)15-20-8-10-21(11-9-20)27-18-38-14-6-7-25(32)28(38)37-27;1-2/h6-14,16,18-19,23H,15,17H2,1-5H3,(H,36,39)(H2,34,35,40);1-2H3/t23-;/m0./s1. The van der Waals surface area contributed by atoms with Gasteiger partial charge in [-0.05, 0) is 69.1 Å². The number of carbonyl (C=O) groups excluding carboxylic acids is 2. The molecule has 2 aromatic heterocycles. The Labute approximate surface area is 262 Å². The molecule has 2 heterocycles. The van der Waals surface area contributed by atoms with E-state index in [-0.39, 0.29) is 29.9 Å². The van der Waals surface area contributed by atoms with Crippen LogP contribution in [-0.4, -0.2) is 41.0 Å². The number of nitrogens with one attached hydrogen (secondary N) is 3. The van der Waals surface area contributed by atoms with Gasteiger partial charge in [0, 0.05) is 42.1 Å². The van der Waals surface area contributed by atoms with Gasteiger partial charge < -0.3 is 20.4 Å². The van der Waals surface area contributed by atoms with Crippen LogP contribution < -0.4 is 16.0 Å². The maximum atomic E-state index is 13.2. The molecule has 4 rings (SSSR count). The molecule has 9 heteroatoms. The van der Waals surface area contributed by atoms with Gasteiger partial charge in [-0.2, -0.15) is 0 Å². The van der Waals surface area contributed by atoms with Crippen LogP contribution in [0, 0.1) is 5.92 Å². The smallest absolute Gasteiger partial charge is 0.314 e. The molecule has 0 aliphatic heterocycles. The SMILES string of the molecule is CC.CNC(=O)NC[C@H](Cc1ccc(-c2cn3cccc(Br)c3n2)cc1)NC(=O)c1ccc(C(C)(C)C(C)C)c(Cl)c1. The second-order valence-corrected chi connectivity index (χ2v) is 12.1. The molecular formula is C33H41BrClN5O2. The van der Waals surface area contributed by atoms with Gasteiger partial charge in [0.1, 0.15) is 0 Å². The first-order valence-electron chi connectivity index (χ1n) is 14.3. The van der Waals surface area contributed by atoms with Gasteiger partial charge in [-0.15, -0.1) is 0 Å². The summed E-state index contributed by atoms with van der Waals surface area (Å²) in [6, 6.07) is 16.8. The van der Waals surface area contributed by atoms with Crippen molar-refractivity contribution in [3.05, 3.63) is 93.2 Å². The van der Waals surface area contributed by atoms with Gasteiger partial charge in [0.2, 0.25) is 0 Å². The quantitative estimate of drug-likeness (QED) is 0.173. The zero-order valence-corrected chi connectivity index (χ0v) is 27.7. The maximum Gasteiger partial charge on any atom is 0.314 e. The van der Waals surface area contributed by atoms with Crippen LogP contribution in [0.1, 0.15) is 63.0 Å². The summed E-state index contributed by atoms with van der Waals surface area (Å²) < 4.78 is 2.91. The molecule has 0 bridgehead atoms. The van der Waals surface area contributed by atoms with Crippen molar-refractivity contribution in [2.24, 2.45) is 5.92 Å². The Morgan fingerprint density at radius 3 is 2.36 bits per heavy atom. The number of carbonyl (C=O) groups is 2. The van der Waals surface area contributed by atoms with E-state index in [1.807, 2.05) is 79.2 Å². The summed E-state index contributed by atoms with van der Waals surface area (Å²) in [5, 5.41) is 9.01. The first-order valence-corrected chi connectivity index (χ1v) is 15.5. The predicted molar refractivity (Wildman–Crippen MR) is 176 cm³/mol. The number of imidazole rings is 1. The zero-order chi connectivity index (χ0) is 31.0. The number of pyridine rings is 1. The third kappa shape index (κ3) is 7.92. The van der Waals surface area contributed by atoms with Crippen LogP contribution in [0.4, 0.5) is 4.79 Å². The van der Waals surface area contributed by atoms with Crippen molar-refractivity contribution in [3.8, 4) is 11.3 Å². The Balaban J connectivity index is 0.00000237. The van der Waals surface area contributed by atoms with Crippen molar-refractivity contribution in [2.45, 2.75) is 59.4 Å². The van der Waals surface area contributed by atoms with Crippen LogP contribution in [0.15, 0.2) is 71.5 Å². The fourth-order valence-electron chi connectivity index (χ4n) is 4.45. The fourth-order valence-corrected chi connectivity index (χ4v) is 5.32. The predicted octanol–water partition coefficient (Wildman–Crippen LogP) is 7.65. The van der Waals surface area contributed by atoms with E-state index >= 15 is 0 Å². The minimum absolute atomic E-state index is 0.127. The summed E-state index contributed by atoms with van der Waals surface area (Å²) in [5.74, 6) is 0.136. The van der Waals surface area contributed by atoms with Gasteiger partial charge in [-0.25, -0.2) is 9.78 Å². The lowest BCUT2D eigenvalue weighted by molar-refractivity contribution is 0.0936.